The van der Waals surface area contributed by atoms with Crippen molar-refractivity contribution in [1.82, 2.24) is 25.5 Å². The molecule has 0 spiro atoms. The minimum Gasteiger partial charge on any atom is -0.313 e. The monoisotopic (exact) mass is 375 g/mol. The molecule has 0 saturated carbocycles. The van der Waals surface area contributed by atoms with E-state index in [-0.39, 0.29) is 12.4 Å². The van der Waals surface area contributed by atoms with E-state index < -0.39 is 0 Å². The summed E-state index contributed by atoms with van der Waals surface area (Å²) in [5.74, 6) is 0.980. The van der Waals surface area contributed by atoms with E-state index in [1.54, 1.807) is 16.4 Å². The first kappa shape index (κ1) is 19.4. The first-order valence-corrected chi connectivity index (χ1v) is 9.04. The van der Waals surface area contributed by atoms with Crippen molar-refractivity contribution in [2.75, 3.05) is 12.3 Å². The minimum atomic E-state index is 0. The Morgan fingerprint density at radius 2 is 1.80 bits per heavy atom. The van der Waals surface area contributed by atoms with E-state index in [1.165, 1.54) is 11.1 Å². The number of tetrazole rings is 1. The van der Waals surface area contributed by atoms with Crippen molar-refractivity contribution in [2.45, 2.75) is 25.0 Å². The van der Waals surface area contributed by atoms with Crippen molar-refractivity contribution in [3.63, 3.8) is 0 Å². The van der Waals surface area contributed by atoms with Gasteiger partial charge in [0.1, 0.15) is 0 Å². The van der Waals surface area contributed by atoms with Crippen molar-refractivity contribution in [3.05, 3.63) is 65.7 Å². The number of aryl methyl sites for hydroxylation is 1. The third-order valence-electron chi connectivity index (χ3n) is 3.62. The fraction of sp³-hybridized carbons (Fsp3) is 0.278. The lowest BCUT2D eigenvalue weighted by Crippen LogP contribution is -2.15. The Morgan fingerprint density at radius 1 is 1.04 bits per heavy atom. The Bertz CT molecular complexity index is 746. The SMILES string of the molecule is Cc1ccc(CNCCCSc2nnnn2-c2ccccc2)cc1.Cl. The molecule has 0 aliphatic rings. The fourth-order valence-electron chi connectivity index (χ4n) is 2.30. The second-order valence-corrected chi connectivity index (χ2v) is 6.64. The smallest absolute Gasteiger partial charge is 0.214 e. The number of rotatable bonds is 8. The van der Waals surface area contributed by atoms with Gasteiger partial charge in [-0.15, -0.1) is 17.5 Å². The van der Waals surface area contributed by atoms with Crippen LogP contribution in [-0.2, 0) is 6.54 Å². The molecule has 2 aromatic carbocycles. The van der Waals surface area contributed by atoms with Gasteiger partial charge in [-0.1, -0.05) is 59.8 Å². The van der Waals surface area contributed by atoms with Gasteiger partial charge >= 0.3 is 0 Å². The maximum absolute atomic E-state index is 4.11. The number of thioether (sulfide) groups is 1. The lowest BCUT2D eigenvalue weighted by molar-refractivity contribution is 0.678. The van der Waals surface area contributed by atoms with E-state index >= 15 is 0 Å². The summed E-state index contributed by atoms with van der Waals surface area (Å²) in [5, 5.41) is 16.3. The highest BCUT2D eigenvalue weighted by molar-refractivity contribution is 7.99. The number of para-hydroxylation sites is 1. The lowest BCUT2D eigenvalue weighted by Gasteiger charge is -2.06. The zero-order chi connectivity index (χ0) is 16.6. The van der Waals surface area contributed by atoms with Crippen LogP contribution in [-0.4, -0.2) is 32.5 Å². The number of halogens is 1. The van der Waals surface area contributed by atoms with Gasteiger partial charge in [-0.25, -0.2) is 0 Å². The van der Waals surface area contributed by atoms with Crippen LogP contribution >= 0.6 is 24.2 Å². The summed E-state index contributed by atoms with van der Waals surface area (Å²) in [7, 11) is 0. The van der Waals surface area contributed by atoms with Crippen molar-refractivity contribution in [3.8, 4) is 5.69 Å². The summed E-state index contributed by atoms with van der Waals surface area (Å²) in [5.41, 5.74) is 3.61. The Hall–Kier alpha value is -1.89. The van der Waals surface area contributed by atoms with E-state index in [1.807, 2.05) is 30.3 Å². The largest absolute Gasteiger partial charge is 0.313 e. The van der Waals surface area contributed by atoms with Crippen molar-refractivity contribution < 1.29 is 0 Å². The molecule has 1 N–H and O–H groups in total. The van der Waals surface area contributed by atoms with E-state index in [4.69, 9.17) is 0 Å². The van der Waals surface area contributed by atoms with Gasteiger partial charge in [-0.2, -0.15) is 4.68 Å². The molecule has 3 rings (SSSR count). The molecule has 0 fully saturated rings. The van der Waals surface area contributed by atoms with E-state index in [0.29, 0.717) is 0 Å². The van der Waals surface area contributed by atoms with Crippen LogP contribution in [0.25, 0.3) is 5.69 Å². The van der Waals surface area contributed by atoms with Crippen LogP contribution in [0.15, 0.2) is 59.8 Å². The average molecular weight is 376 g/mol. The fourth-order valence-corrected chi connectivity index (χ4v) is 3.13. The van der Waals surface area contributed by atoms with Crippen molar-refractivity contribution in [2.24, 2.45) is 0 Å². The first-order chi connectivity index (χ1) is 11.8. The predicted molar refractivity (Wildman–Crippen MR) is 105 cm³/mol. The van der Waals surface area contributed by atoms with E-state index in [0.717, 1.165) is 36.1 Å². The number of hydrogen-bond acceptors (Lipinski definition) is 5. The molecule has 3 aromatic rings. The van der Waals surface area contributed by atoms with Crippen LogP contribution in [0.1, 0.15) is 17.5 Å². The number of nitrogens with zero attached hydrogens (tertiary/aromatic N) is 4. The zero-order valence-electron chi connectivity index (χ0n) is 14.1. The second kappa shape index (κ2) is 10.2. The number of benzene rings is 2. The number of hydrogen-bond donors (Lipinski definition) is 1. The molecular weight excluding hydrogens is 354 g/mol. The van der Waals surface area contributed by atoms with Gasteiger partial charge in [0.2, 0.25) is 5.16 Å². The van der Waals surface area contributed by atoms with E-state index in [2.05, 4.69) is 52.0 Å². The van der Waals surface area contributed by atoms with Gasteiger partial charge in [-0.05, 0) is 48.0 Å². The summed E-state index contributed by atoms with van der Waals surface area (Å²) in [6.07, 6.45) is 1.07. The third-order valence-corrected chi connectivity index (χ3v) is 4.63. The van der Waals surface area contributed by atoms with Crippen molar-refractivity contribution in [1.29, 1.82) is 0 Å². The van der Waals surface area contributed by atoms with Crippen LogP contribution in [0.2, 0.25) is 0 Å². The Balaban J connectivity index is 0.00000225. The quantitative estimate of drug-likeness (QED) is 0.481. The molecule has 0 saturated heterocycles. The second-order valence-electron chi connectivity index (χ2n) is 5.57. The Morgan fingerprint density at radius 3 is 2.56 bits per heavy atom. The Labute approximate surface area is 158 Å². The Kier molecular flexibility index (Phi) is 7.91. The molecule has 0 aliphatic heterocycles. The molecule has 7 heteroatoms. The number of nitrogens with one attached hydrogen (secondary N) is 1. The lowest BCUT2D eigenvalue weighted by atomic mass is 10.1. The van der Waals surface area contributed by atoms with Crippen LogP contribution in [0.4, 0.5) is 0 Å². The van der Waals surface area contributed by atoms with Crippen LogP contribution in [0, 0.1) is 6.92 Å². The van der Waals surface area contributed by atoms with Crippen LogP contribution < -0.4 is 5.32 Å². The molecule has 0 radical (unpaired) electrons. The average Bonchev–Trinajstić information content (AvgIpc) is 3.09. The summed E-state index contributed by atoms with van der Waals surface area (Å²) in [6, 6.07) is 18.6. The predicted octanol–water partition coefficient (Wildman–Crippen LogP) is 3.66. The first-order valence-electron chi connectivity index (χ1n) is 8.06. The highest BCUT2D eigenvalue weighted by atomic mass is 35.5. The molecular formula is C18H22ClN5S. The molecule has 0 aliphatic carbocycles. The maximum atomic E-state index is 4.11. The highest BCUT2D eigenvalue weighted by Crippen LogP contribution is 2.18. The summed E-state index contributed by atoms with van der Waals surface area (Å²) in [4.78, 5) is 0. The molecule has 25 heavy (non-hydrogen) atoms. The van der Waals surface area contributed by atoms with Gasteiger partial charge in [0.05, 0.1) is 5.69 Å². The third kappa shape index (κ3) is 5.85. The normalized spacial score (nSPS) is 10.4. The summed E-state index contributed by atoms with van der Waals surface area (Å²) >= 11 is 1.68. The standard InChI is InChI=1S/C18H21N5S.ClH/c1-15-8-10-16(11-9-15)14-19-12-5-13-24-18-20-21-22-23(18)17-6-3-2-4-7-17;/h2-4,6-11,19H,5,12-14H2,1H3;1H. The van der Waals surface area contributed by atoms with Crippen LogP contribution in [0.5, 0.6) is 0 Å². The summed E-state index contributed by atoms with van der Waals surface area (Å²) < 4.78 is 1.78. The van der Waals surface area contributed by atoms with Crippen LogP contribution in [0.3, 0.4) is 0 Å². The highest BCUT2D eigenvalue weighted by Gasteiger charge is 2.07. The molecule has 5 nitrogen and oxygen atoms in total. The zero-order valence-corrected chi connectivity index (χ0v) is 15.8. The molecule has 1 aromatic heterocycles. The number of aromatic nitrogens is 4. The maximum Gasteiger partial charge on any atom is 0.214 e. The van der Waals surface area contributed by atoms with E-state index in [9.17, 15) is 0 Å². The minimum absolute atomic E-state index is 0. The summed E-state index contributed by atoms with van der Waals surface area (Å²) in [6.45, 7) is 4.00. The molecule has 0 unspecified atom stereocenters. The van der Waals surface area contributed by atoms with Gasteiger partial charge < -0.3 is 5.32 Å². The van der Waals surface area contributed by atoms with Gasteiger partial charge in [0, 0.05) is 12.3 Å². The topological polar surface area (TPSA) is 55.6 Å². The van der Waals surface area contributed by atoms with Gasteiger partial charge in [0.25, 0.3) is 0 Å². The molecule has 0 atom stereocenters. The van der Waals surface area contributed by atoms with Gasteiger partial charge in [-0.3, -0.25) is 0 Å². The molecule has 132 valence electrons. The van der Waals surface area contributed by atoms with Gasteiger partial charge in [0.15, 0.2) is 0 Å². The molecule has 0 bridgehead atoms. The molecule has 1 heterocycles. The molecule has 0 amide bonds. The van der Waals surface area contributed by atoms with Crippen molar-refractivity contribution >= 4 is 24.2 Å².